The van der Waals surface area contributed by atoms with Crippen molar-refractivity contribution in [2.45, 2.75) is 25.9 Å². The molecule has 3 N–H and O–H groups in total. The first-order valence-electron chi connectivity index (χ1n) is 6.68. The number of aliphatic hydroxyl groups is 1. The highest BCUT2D eigenvalue weighted by Crippen LogP contribution is 2.35. The standard InChI is InChI=1S/C14H19F3N2O2/c1-2-3-7-19(8-9-20)13(21)10-5-4-6-11(12(10)18)14(15,16)17/h4-6,20H,2-3,7-9,18H2,1H3. The van der Waals surface area contributed by atoms with Crippen molar-refractivity contribution in [1.29, 1.82) is 0 Å². The Morgan fingerprint density at radius 2 is 2.00 bits per heavy atom. The number of benzene rings is 1. The second-order valence-corrected chi connectivity index (χ2v) is 4.63. The fourth-order valence-corrected chi connectivity index (χ4v) is 1.95. The number of alkyl halides is 3. The fourth-order valence-electron chi connectivity index (χ4n) is 1.95. The van der Waals surface area contributed by atoms with Crippen molar-refractivity contribution in [3.63, 3.8) is 0 Å². The van der Waals surface area contributed by atoms with Gasteiger partial charge < -0.3 is 15.7 Å². The molecule has 4 nitrogen and oxygen atoms in total. The smallest absolute Gasteiger partial charge is 0.398 e. The third kappa shape index (κ3) is 4.35. The van der Waals surface area contributed by atoms with Crippen LogP contribution in [0.4, 0.5) is 18.9 Å². The van der Waals surface area contributed by atoms with Gasteiger partial charge >= 0.3 is 6.18 Å². The van der Waals surface area contributed by atoms with E-state index in [2.05, 4.69) is 0 Å². The predicted octanol–water partition coefficient (Wildman–Crippen LogP) is 2.52. The van der Waals surface area contributed by atoms with Gasteiger partial charge in [-0.15, -0.1) is 0 Å². The highest BCUT2D eigenvalue weighted by Gasteiger charge is 2.34. The average Bonchev–Trinajstić information content (AvgIpc) is 2.41. The van der Waals surface area contributed by atoms with Crippen LogP contribution in [-0.2, 0) is 6.18 Å². The lowest BCUT2D eigenvalue weighted by molar-refractivity contribution is -0.136. The van der Waals surface area contributed by atoms with Gasteiger partial charge in [0.2, 0.25) is 0 Å². The van der Waals surface area contributed by atoms with Gasteiger partial charge in [-0.2, -0.15) is 13.2 Å². The highest BCUT2D eigenvalue weighted by atomic mass is 19.4. The Balaban J connectivity index is 3.10. The molecule has 0 unspecified atom stereocenters. The van der Waals surface area contributed by atoms with Crippen LogP contribution < -0.4 is 5.73 Å². The van der Waals surface area contributed by atoms with Crippen molar-refractivity contribution in [1.82, 2.24) is 4.90 Å². The molecule has 0 aliphatic carbocycles. The van der Waals surface area contributed by atoms with Gasteiger partial charge in [0.05, 0.1) is 23.4 Å². The van der Waals surface area contributed by atoms with E-state index < -0.39 is 23.3 Å². The third-order valence-corrected chi connectivity index (χ3v) is 3.08. The number of carbonyl (C=O) groups is 1. The van der Waals surface area contributed by atoms with Gasteiger partial charge in [0, 0.05) is 13.1 Å². The van der Waals surface area contributed by atoms with Gasteiger partial charge in [-0.25, -0.2) is 0 Å². The minimum absolute atomic E-state index is 0.0640. The zero-order valence-electron chi connectivity index (χ0n) is 11.8. The summed E-state index contributed by atoms with van der Waals surface area (Å²) in [6.07, 6.45) is -3.08. The van der Waals surface area contributed by atoms with Crippen molar-refractivity contribution in [2.75, 3.05) is 25.4 Å². The molecule has 0 atom stereocenters. The lowest BCUT2D eigenvalue weighted by Crippen LogP contribution is -2.35. The number of nitrogens with two attached hydrogens (primary N) is 1. The van der Waals surface area contributed by atoms with E-state index in [1.165, 1.54) is 11.0 Å². The van der Waals surface area contributed by atoms with Gasteiger partial charge in [0.1, 0.15) is 0 Å². The van der Waals surface area contributed by atoms with E-state index in [0.717, 1.165) is 18.6 Å². The molecule has 1 aromatic carbocycles. The zero-order valence-corrected chi connectivity index (χ0v) is 11.8. The number of carbonyl (C=O) groups excluding carboxylic acids is 1. The third-order valence-electron chi connectivity index (χ3n) is 3.08. The number of nitrogens with zero attached hydrogens (tertiary/aromatic N) is 1. The van der Waals surface area contributed by atoms with Crippen LogP contribution >= 0.6 is 0 Å². The molecule has 1 amide bonds. The monoisotopic (exact) mass is 304 g/mol. The quantitative estimate of drug-likeness (QED) is 0.794. The van der Waals surface area contributed by atoms with Crippen molar-refractivity contribution in [2.24, 2.45) is 0 Å². The van der Waals surface area contributed by atoms with Gasteiger partial charge in [-0.3, -0.25) is 4.79 Å². The molecule has 118 valence electrons. The van der Waals surface area contributed by atoms with Crippen LogP contribution in [0, 0.1) is 0 Å². The minimum atomic E-state index is -4.61. The molecular weight excluding hydrogens is 285 g/mol. The molecule has 0 fully saturated rings. The molecule has 0 bridgehead atoms. The number of anilines is 1. The van der Waals surface area contributed by atoms with E-state index in [0.29, 0.717) is 13.0 Å². The molecule has 0 aliphatic heterocycles. The maximum Gasteiger partial charge on any atom is 0.418 e. The van der Waals surface area contributed by atoms with Crippen LogP contribution in [0.5, 0.6) is 0 Å². The minimum Gasteiger partial charge on any atom is -0.398 e. The largest absolute Gasteiger partial charge is 0.418 e. The maximum absolute atomic E-state index is 12.8. The summed E-state index contributed by atoms with van der Waals surface area (Å²) in [5, 5.41) is 8.98. The number of hydrogen-bond donors (Lipinski definition) is 2. The summed E-state index contributed by atoms with van der Waals surface area (Å²) < 4.78 is 38.4. The number of hydrogen-bond acceptors (Lipinski definition) is 3. The topological polar surface area (TPSA) is 66.6 Å². The molecule has 7 heteroatoms. The second-order valence-electron chi connectivity index (χ2n) is 4.63. The molecule has 0 heterocycles. The van der Waals surface area contributed by atoms with E-state index in [1.807, 2.05) is 6.92 Å². The number of para-hydroxylation sites is 1. The maximum atomic E-state index is 12.8. The molecule has 1 rings (SSSR count). The lowest BCUT2D eigenvalue weighted by Gasteiger charge is -2.23. The Labute approximate surface area is 121 Å². The van der Waals surface area contributed by atoms with Crippen molar-refractivity contribution >= 4 is 11.6 Å². The Morgan fingerprint density at radius 3 is 2.52 bits per heavy atom. The molecule has 21 heavy (non-hydrogen) atoms. The summed E-state index contributed by atoms with van der Waals surface area (Å²) in [4.78, 5) is 13.6. The van der Waals surface area contributed by atoms with E-state index in [4.69, 9.17) is 10.8 Å². The summed E-state index contributed by atoms with van der Waals surface area (Å²) in [6.45, 7) is 2.11. The fraction of sp³-hybridized carbons (Fsp3) is 0.500. The van der Waals surface area contributed by atoms with Crippen molar-refractivity contribution < 1.29 is 23.1 Å². The first-order chi connectivity index (χ1) is 9.82. The Morgan fingerprint density at radius 1 is 1.33 bits per heavy atom. The summed E-state index contributed by atoms with van der Waals surface area (Å²) in [5.41, 5.74) is 3.72. The number of rotatable bonds is 6. The Kier molecular flexibility index (Phi) is 6.02. The molecular formula is C14H19F3N2O2. The normalized spacial score (nSPS) is 11.5. The van der Waals surface area contributed by atoms with Gasteiger partial charge in [0.15, 0.2) is 0 Å². The van der Waals surface area contributed by atoms with E-state index in [1.54, 1.807) is 0 Å². The number of nitrogen functional groups attached to an aromatic ring is 1. The SMILES string of the molecule is CCCCN(CCO)C(=O)c1cccc(C(F)(F)F)c1N. The van der Waals surface area contributed by atoms with Crippen LogP contribution in [0.2, 0.25) is 0 Å². The number of unbranched alkanes of at least 4 members (excludes halogenated alkanes) is 1. The first-order valence-corrected chi connectivity index (χ1v) is 6.68. The number of halogens is 3. The highest BCUT2D eigenvalue weighted by molar-refractivity contribution is 5.99. The molecule has 0 saturated carbocycles. The number of amides is 1. The van der Waals surface area contributed by atoms with E-state index in [9.17, 15) is 18.0 Å². The Bertz CT molecular complexity index is 490. The van der Waals surface area contributed by atoms with Crippen LogP contribution in [-0.4, -0.2) is 35.6 Å². The molecule has 0 aromatic heterocycles. The zero-order chi connectivity index (χ0) is 16.0. The Hall–Kier alpha value is -1.76. The van der Waals surface area contributed by atoms with Crippen LogP contribution in [0.15, 0.2) is 18.2 Å². The summed E-state index contributed by atoms with van der Waals surface area (Å²) in [5.74, 6) is -0.596. The second kappa shape index (κ2) is 7.31. The molecule has 0 saturated heterocycles. The molecule has 0 radical (unpaired) electrons. The van der Waals surface area contributed by atoms with E-state index >= 15 is 0 Å². The van der Waals surface area contributed by atoms with Crippen LogP contribution in [0.25, 0.3) is 0 Å². The van der Waals surface area contributed by atoms with Crippen molar-refractivity contribution in [3.8, 4) is 0 Å². The lowest BCUT2D eigenvalue weighted by atomic mass is 10.1. The average molecular weight is 304 g/mol. The summed E-state index contributed by atoms with van der Waals surface area (Å²) >= 11 is 0. The molecule has 1 aromatic rings. The van der Waals surface area contributed by atoms with Gasteiger partial charge in [-0.1, -0.05) is 19.4 Å². The number of aliphatic hydroxyl groups excluding tert-OH is 1. The molecule has 0 aliphatic rings. The van der Waals surface area contributed by atoms with Gasteiger partial charge in [0.25, 0.3) is 5.91 Å². The summed E-state index contributed by atoms with van der Waals surface area (Å²) in [6, 6.07) is 3.27. The summed E-state index contributed by atoms with van der Waals surface area (Å²) in [7, 11) is 0. The van der Waals surface area contributed by atoms with E-state index in [-0.39, 0.29) is 18.7 Å². The first kappa shape index (κ1) is 17.3. The van der Waals surface area contributed by atoms with Gasteiger partial charge in [-0.05, 0) is 18.6 Å². The van der Waals surface area contributed by atoms with Crippen molar-refractivity contribution in [3.05, 3.63) is 29.3 Å². The van der Waals surface area contributed by atoms with Crippen LogP contribution in [0.1, 0.15) is 35.7 Å². The van der Waals surface area contributed by atoms with Crippen LogP contribution in [0.3, 0.4) is 0 Å². The molecule has 0 spiro atoms. The predicted molar refractivity (Wildman–Crippen MR) is 73.8 cm³/mol.